The van der Waals surface area contributed by atoms with Gasteiger partial charge in [0.05, 0.1) is 0 Å². The Kier molecular flexibility index (Phi) is 2.57. The molecule has 0 bridgehead atoms. The van der Waals surface area contributed by atoms with Crippen LogP contribution in [0.2, 0.25) is 0 Å². The van der Waals surface area contributed by atoms with Gasteiger partial charge in [-0.2, -0.15) is 0 Å². The van der Waals surface area contributed by atoms with Crippen molar-refractivity contribution in [1.29, 1.82) is 0 Å². The Balaban J connectivity index is 2.18. The predicted octanol–water partition coefficient (Wildman–Crippen LogP) is 2.70. The molecule has 0 amide bonds. The van der Waals surface area contributed by atoms with Gasteiger partial charge in [-0.3, -0.25) is 0 Å². The van der Waals surface area contributed by atoms with Crippen LogP contribution in [-0.2, 0) is 6.42 Å². The monoisotopic (exact) mass is 176 g/mol. The minimum Gasteiger partial charge on any atom is -0.241 e. The molecular weight excluding hydrogens is 160 g/mol. The molecule has 0 aromatic carbocycles. The summed E-state index contributed by atoms with van der Waals surface area (Å²) in [5, 5.41) is 0. The van der Waals surface area contributed by atoms with E-state index in [-0.39, 0.29) is 0 Å². The average Bonchev–Trinajstić information content (AvgIpc) is 2.71. The van der Waals surface area contributed by atoms with Crippen LogP contribution in [0.3, 0.4) is 0 Å². The largest absolute Gasteiger partial charge is 0.241 e. The van der Waals surface area contributed by atoms with E-state index in [4.69, 9.17) is 0 Å². The van der Waals surface area contributed by atoms with Crippen LogP contribution in [0.25, 0.3) is 0 Å². The lowest BCUT2D eigenvalue weighted by molar-refractivity contribution is 0.661. The lowest BCUT2D eigenvalue weighted by Gasteiger charge is -2.07. The first-order valence-corrected chi connectivity index (χ1v) is 5.22. The Bertz CT molecular complexity index is 277. The topological polar surface area (TPSA) is 25.8 Å². The molecule has 0 radical (unpaired) electrons. The van der Waals surface area contributed by atoms with Crippen LogP contribution in [0.4, 0.5) is 0 Å². The summed E-state index contributed by atoms with van der Waals surface area (Å²) in [5.74, 6) is 1.73. The second-order valence-corrected chi connectivity index (χ2v) is 3.74. The molecule has 1 aromatic heterocycles. The molecule has 0 aliphatic heterocycles. The molecule has 13 heavy (non-hydrogen) atoms. The second kappa shape index (κ2) is 3.86. The Morgan fingerprint density at radius 3 is 2.85 bits per heavy atom. The van der Waals surface area contributed by atoms with Crippen LogP contribution < -0.4 is 0 Å². The van der Waals surface area contributed by atoms with E-state index < -0.39 is 0 Å². The van der Waals surface area contributed by atoms with E-state index in [1.807, 2.05) is 12.3 Å². The number of aromatic nitrogens is 2. The number of rotatable bonds is 2. The smallest absolute Gasteiger partial charge is 0.131 e. The fourth-order valence-corrected chi connectivity index (χ4v) is 1.99. The van der Waals surface area contributed by atoms with Crippen molar-refractivity contribution in [1.82, 2.24) is 9.97 Å². The normalized spacial score (nSPS) is 17.9. The van der Waals surface area contributed by atoms with Crippen molar-refractivity contribution in [3.63, 3.8) is 0 Å². The maximum Gasteiger partial charge on any atom is 0.131 e. The fourth-order valence-electron chi connectivity index (χ4n) is 1.99. The van der Waals surface area contributed by atoms with E-state index in [1.165, 1.54) is 31.4 Å². The summed E-state index contributed by atoms with van der Waals surface area (Å²) in [6.07, 6.45) is 8.19. The van der Waals surface area contributed by atoms with Crippen LogP contribution in [0.1, 0.15) is 50.0 Å². The van der Waals surface area contributed by atoms with E-state index in [0.29, 0.717) is 5.92 Å². The minimum atomic E-state index is 0.645. The maximum absolute atomic E-state index is 4.56. The Morgan fingerprint density at radius 1 is 1.38 bits per heavy atom. The zero-order chi connectivity index (χ0) is 9.10. The van der Waals surface area contributed by atoms with E-state index in [0.717, 1.165) is 12.2 Å². The molecule has 1 fully saturated rings. The third-order valence-corrected chi connectivity index (χ3v) is 2.81. The van der Waals surface area contributed by atoms with E-state index in [2.05, 4.69) is 16.9 Å². The summed E-state index contributed by atoms with van der Waals surface area (Å²) in [6, 6.07) is 2.01. The Hall–Kier alpha value is -0.920. The average molecular weight is 176 g/mol. The molecule has 1 saturated carbocycles. The van der Waals surface area contributed by atoms with Gasteiger partial charge in [-0.05, 0) is 25.3 Å². The lowest BCUT2D eigenvalue weighted by atomic mass is 10.1. The third-order valence-electron chi connectivity index (χ3n) is 2.81. The number of hydrogen-bond donors (Lipinski definition) is 0. The fraction of sp³-hybridized carbons (Fsp3) is 0.636. The highest BCUT2D eigenvalue weighted by atomic mass is 14.9. The molecule has 2 heteroatoms. The minimum absolute atomic E-state index is 0.645. The van der Waals surface area contributed by atoms with Crippen LogP contribution in [0, 0.1) is 0 Å². The first-order chi connectivity index (χ1) is 6.40. The number of hydrogen-bond acceptors (Lipinski definition) is 2. The van der Waals surface area contributed by atoms with E-state index in [9.17, 15) is 0 Å². The molecule has 2 rings (SSSR count). The van der Waals surface area contributed by atoms with Gasteiger partial charge in [0.2, 0.25) is 0 Å². The van der Waals surface area contributed by atoms with Gasteiger partial charge >= 0.3 is 0 Å². The summed E-state index contributed by atoms with van der Waals surface area (Å²) in [5.41, 5.74) is 1.18. The van der Waals surface area contributed by atoms with Gasteiger partial charge in [-0.25, -0.2) is 9.97 Å². The highest BCUT2D eigenvalue weighted by Crippen LogP contribution is 2.31. The highest BCUT2D eigenvalue weighted by molar-refractivity contribution is 5.06. The van der Waals surface area contributed by atoms with Gasteiger partial charge in [-0.1, -0.05) is 19.8 Å². The van der Waals surface area contributed by atoms with Crippen molar-refractivity contribution >= 4 is 0 Å². The number of nitrogens with zero attached hydrogens (tertiary/aromatic N) is 2. The molecular formula is C11H16N2. The molecule has 1 aliphatic carbocycles. The van der Waals surface area contributed by atoms with Crippen molar-refractivity contribution in [3.8, 4) is 0 Å². The van der Waals surface area contributed by atoms with Gasteiger partial charge in [0, 0.05) is 17.8 Å². The van der Waals surface area contributed by atoms with Gasteiger partial charge in [0.15, 0.2) is 0 Å². The van der Waals surface area contributed by atoms with Crippen LogP contribution in [-0.4, -0.2) is 9.97 Å². The molecule has 0 atom stereocenters. The zero-order valence-corrected chi connectivity index (χ0v) is 8.16. The summed E-state index contributed by atoms with van der Waals surface area (Å²) in [4.78, 5) is 8.92. The molecule has 0 spiro atoms. The van der Waals surface area contributed by atoms with Crippen molar-refractivity contribution in [3.05, 3.63) is 23.8 Å². The predicted molar refractivity (Wildman–Crippen MR) is 52.6 cm³/mol. The summed E-state index contributed by atoms with van der Waals surface area (Å²) < 4.78 is 0. The van der Waals surface area contributed by atoms with Gasteiger partial charge in [0.1, 0.15) is 5.82 Å². The van der Waals surface area contributed by atoms with E-state index >= 15 is 0 Å². The second-order valence-electron chi connectivity index (χ2n) is 3.74. The quantitative estimate of drug-likeness (QED) is 0.692. The number of aryl methyl sites for hydroxylation is 1. The highest BCUT2D eigenvalue weighted by Gasteiger charge is 2.19. The third kappa shape index (κ3) is 1.87. The summed E-state index contributed by atoms with van der Waals surface area (Å²) >= 11 is 0. The van der Waals surface area contributed by atoms with Gasteiger partial charge in [0.25, 0.3) is 0 Å². The molecule has 1 aromatic rings. The van der Waals surface area contributed by atoms with Crippen molar-refractivity contribution < 1.29 is 0 Å². The van der Waals surface area contributed by atoms with Gasteiger partial charge in [-0.15, -0.1) is 0 Å². The van der Waals surface area contributed by atoms with Crippen molar-refractivity contribution in [2.24, 2.45) is 0 Å². The Labute approximate surface area is 79.4 Å². The SMILES string of the molecule is CCc1ccnc(C2CCCC2)n1. The molecule has 1 heterocycles. The van der Waals surface area contributed by atoms with Gasteiger partial charge < -0.3 is 0 Å². The Morgan fingerprint density at radius 2 is 2.15 bits per heavy atom. The molecule has 0 N–H and O–H groups in total. The first kappa shape index (κ1) is 8.67. The molecule has 70 valence electrons. The van der Waals surface area contributed by atoms with Crippen LogP contribution in [0.15, 0.2) is 12.3 Å². The summed E-state index contributed by atoms with van der Waals surface area (Å²) in [7, 11) is 0. The van der Waals surface area contributed by atoms with Crippen molar-refractivity contribution in [2.75, 3.05) is 0 Å². The first-order valence-electron chi connectivity index (χ1n) is 5.22. The zero-order valence-electron chi connectivity index (χ0n) is 8.16. The van der Waals surface area contributed by atoms with Crippen molar-refractivity contribution in [2.45, 2.75) is 44.9 Å². The molecule has 1 aliphatic rings. The standard InChI is InChI=1S/C11H16N2/c1-2-10-7-8-12-11(13-10)9-5-3-4-6-9/h7-9H,2-6H2,1H3. The van der Waals surface area contributed by atoms with E-state index in [1.54, 1.807) is 0 Å². The summed E-state index contributed by atoms with van der Waals surface area (Å²) in [6.45, 7) is 2.14. The maximum atomic E-state index is 4.56. The molecule has 0 saturated heterocycles. The lowest BCUT2D eigenvalue weighted by Crippen LogP contribution is -2.02. The van der Waals surface area contributed by atoms with Crippen LogP contribution >= 0.6 is 0 Å². The van der Waals surface area contributed by atoms with Crippen LogP contribution in [0.5, 0.6) is 0 Å². The molecule has 2 nitrogen and oxygen atoms in total. The molecule has 0 unspecified atom stereocenters.